The maximum absolute atomic E-state index is 5.60. The van der Waals surface area contributed by atoms with Crippen molar-refractivity contribution in [3.8, 4) is 21.5 Å². The third-order valence-corrected chi connectivity index (χ3v) is 5.98. The lowest BCUT2D eigenvalue weighted by Crippen LogP contribution is -1.81. The molecule has 0 saturated carbocycles. The third-order valence-electron chi connectivity index (χ3n) is 4.14. The van der Waals surface area contributed by atoms with E-state index in [0.717, 1.165) is 57.3 Å². The maximum Gasteiger partial charge on any atom is 0.236 e. The third kappa shape index (κ3) is 4.57. The Kier molecular flexibility index (Phi) is 6.29. The fourth-order valence-corrected chi connectivity index (χ4v) is 4.12. The Morgan fingerprint density at radius 2 is 1.41 bits per heavy atom. The predicted octanol–water partition coefficient (Wildman–Crippen LogP) is 6.86. The van der Waals surface area contributed by atoms with Crippen molar-refractivity contribution < 1.29 is 8.83 Å². The molecule has 0 amide bonds. The smallest absolute Gasteiger partial charge is 0.236 e. The quantitative estimate of drug-likeness (QED) is 0.375. The van der Waals surface area contributed by atoms with Gasteiger partial charge in [-0.25, -0.2) is 9.97 Å². The highest BCUT2D eigenvalue weighted by Gasteiger charge is 2.11. The molecular weight excluding hydrogens is 376 g/mol. The van der Waals surface area contributed by atoms with Gasteiger partial charge in [-0.05, 0) is 57.2 Å². The van der Waals surface area contributed by atoms with Gasteiger partial charge in [-0.1, -0.05) is 19.9 Å². The first-order chi connectivity index (χ1) is 13.0. The molecule has 6 heteroatoms. The summed E-state index contributed by atoms with van der Waals surface area (Å²) < 4.78 is 11.2. The number of hydrogen-bond acceptors (Lipinski definition) is 6. The highest BCUT2D eigenvalue weighted by Crippen LogP contribution is 2.28. The van der Waals surface area contributed by atoms with Crippen molar-refractivity contribution in [2.24, 2.45) is 0 Å². The molecule has 27 heavy (non-hydrogen) atoms. The first kappa shape index (κ1) is 19.6. The number of hydrogen-bond donors (Lipinski definition) is 0. The number of aryl methyl sites for hydroxylation is 5. The first-order valence-electron chi connectivity index (χ1n) is 9.05. The lowest BCUT2D eigenvalue weighted by atomic mass is 10.3. The minimum Gasteiger partial charge on any atom is -0.440 e. The van der Waals surface area contributed by atoms with E-state index in [9.17, 15) is 0 Å². The van der Waals surface area contributed by atoms with Crippen molar-refractivity contribution in [1.29, 1.82) is 0 Å². The summed E-state index contributed by atoms with van der Waals surface area (Å²) in [5, 5.41) is 2.03. The van der Waals surface area contributed by atoms with E-state index in [1.54, 1.807) is 22.7 Å². The Hall–Kier alpha value is -2.18. The number of nitrogens with zero attached hydrogens (tertiary/aromatic N) is 2. The van der Waals surface area contributed by atoms with Crippen LogP contribution in [-0.4, -0.2) is 9.97 Å². The molecule has 0 aromatic carbocycles. The van der Waals surface area contributed by atoms with Gasteiger partial charge in [0.25, 0.3) is 0 Å². The van der Waals surface area contributed by atoms with Gasteiger partial charge >= 0.3 is 0 Å². The minimum absolute atomic E-state index is 0.754. The van der Waals surface area contributed by atoms with Crippen LogP contribution in [0, 0.1) is 20.8 Å². The standard InChI is InChI=1S/C11H13NOS.C10H11NOS/c1-4-9-8(3)13-11(12-9)10-6-5-7(2)14-10;1-3-8-7(2)12-10(11-8)9-5-4-6-13-9/h5-6H,4H2,1-3H3;4-6H,3H2,1-2H3. The normalized spacial score (nSPS) is 10.7. The van der Waals surface area contributed by atoms with Crippen LogP contribution in [0.15, 0.2) is 38.5 Å². The molecule has 0 N–H and O–H groups in total. The predicted molar refractivity (Wildman–Crippen MR) is 113 cm³/mol. The van der Waals surface area contributed by atoms with E-state index >= 15 is 0 Å². The molecule has 0 aliphatic carbocycles. The van der Waals surface area contributed by atoms with Crippen LogP contribution < -0.4 is 0 Å². The van der Waals surface area contributed by atoms with Crippen molar-refractivity contribution in [2.45, 2.75) is 47.5 Å². The first-order valence-corrected chi connectivity index (χ1v) is 10.7. The summed E-state index contributed by atoms with van der Waals surface area (Å²) in [5.41, 5.74) is 2.12. The molecule has 0 fully saturated rings. The molecule has 0 saturated heterocycles. The second-order valence-electron chi connectivity index (χ2n) is 6.14. The lowest BCUT2D eigenvalue weighted by Gasteiger charge is -1.85. The molecule has 0 aliphatic heterocycles. The van der Waals surface area contributed by atoms with Crippen LogP contribution in [0.4, 0.5) is 0 Å². The van der Waals surface area contributed by atoms with Crippen LogP contribution in [0.2, 0.25) is 0 Å². The van der Waals surface area contributed by atoms with Crippen molar-refractivity contribution in [3.63, 3.8) is 0 Å². The van der Waals surface area contributed by atoms with Crippen molar-refractivity contribution >= 4 is 22.7 Å². The van der Waals surface area contributed by atoms with Gasteiger partial charge in [0.2, 0.25) is 11.8 Å². The van der Waals surface area contributed by atoms with E-state index in [0.29, 0.717) is 0 Å². The highest BCUT2D eigenvalue weighted by atomic mass is 32.1. The largest absolute Gasteiger partial charge is 0.440 e. The Labute approximate surface area is 167 Å². The van der Waals surface area contributed by atoms with Crippen LogP contribution >= 0.6 is 22.7 Å². The van der Waals surface area contributed by atoms with Gasteiger partial charge in [0.1, 0.15) is 11.5 Å². The average Bonchev–Trinajstić information content (AvgIpc) is 3.42. The van der Waals surface area contributed by atoms with Crippen molar-refractivity contribution in [3.05, 3.63) is 57.4 Å². The molecule has 4 aromatic rings. The molecular formula is C21H24N2O2S2. The molecule has 4 nitrogen and oxygen atoms in total. The fraction of sp³-hybridized carbons (Fsp3) is 0.333. The number of rotatable bonds is 4. The van der Waals surface area contributed by atoms with Crippen LogP contribution in [0.25, 0.3) is 21.5 Å². The summed E-state index contributed by atoms with van der Waals surface area (Å²) in [6.07, 6.45) is 1.86. The summed E-state index contributed by atoms with van der Waals surface area (Å²) >= 11 is 3.37. The van der Waals surface area contributed by atoms with Gasteiger partial charge in [-0.3, -0.25) is 0 Å². The number of aromatic nitrogens is 2. The summed E-state index contributed by atoms with van der Waals surface area (Å²) in [5.74, 6) is 3.39. The van der Waals surface area contributed by atoms with Gasteiger partial charge in [0, 0.05) is 4.88 Å². The zero-order valence-electron chi connectivity index (χ0n) is 16.3. The van der Waals surface area contributed by atoms with Gasteiger partial charge in [-0.2, -0.15) is 0 Å². The van der Waals surface area contributed by atoms with E-state index in [1.165, 1.54) is 4.88 Å². The van der Waals surface area contributed by atoms with Gasteiger partial charge in [0.05, 0.1) is 21.1 Å². The molecule has 142 valence electrons. The maximum atomic E-state index is 5.60. The second kappa shape index (κ2) is 8.67. The molecule has 0 aliphatic rings. The Morgan fingerprint density at radius 1 is 0.815 bits per heavy atom. The second-order valence-corrected chi connectivity index (χ2v) is 8.37. The number of oxazole rings is 2. The summed E-state index contributed by atoms with van der Waals surface area (Å²) in [6, 6.07) is 8.18. The molecule has 4 aromatic heterocycles. The van der Waals surface area contributed by atoms with E-state index in [1.807, 2.05) is 31.4 Å². The lowest BCUT2D eigenvalue weighted by molar-refractivity contribution is 0.540. The van der Waals surface area contributed by atoms with Crippen molar-refractivity contribution in [1.82, 2.24) is 9.97 Å². The fourth-order valence-electron chi connectivity index (χ4n) is 2.67. The van der Waals surface area contributed by atoms with E-state index in [4.69, 9.17) is 8.83 Å². The average molecular weight is 401 g/mol. The summed E-state index contributed by atoms with van der Waals surface area (Å²) in [7, 11) is 0. The van der Waals surface area contributed by atoms with Gasteiger partial charge < -0.3 is 8.83 Å². The van der Waals surface area contributed by atoms with E-state index in [2.05, 4.69) is 42.9 Å². The SMILES string of the molecule is CCc1nc(-c2ccc(C)s2)oc1C.CCc1nc(-c2cccs2)oc1C. The molecule has 0 unspecified atom stereocenters. The number of thiophene rings is 2. The zero-order chi connectivity index (χ0) is 19.4. The van der Waals surface area contributed by atoms with Crippen molar-refractivity contribution in [2.75, 3.05) is 0 Å². The van der Waals surface area contributed by atoms with Gasteiger partial charge in [0.15, 0.2) is 0 Å². The topological polar surface area (TPSA) is 52.1 Å². The summed E-state index contributed by atoms with van der Waals surface area (Å²) in [6.45, 7) is 10.2. The molecule has 4 heterocycles. The summed E-state index contributed by atoms with van der Waals surface area (Å²) in [4.78, 5) is 12.4. The Morgan fingerprint density at radius 3 is 1.81 bits per heavy atom. The Balaban J connectivity index is 0.000000156. The minimum atomic E-state index is 0.754. The van der Waals surface area contributed by atoms with Crippen LogP contribution in [-0.2, 0) is 12.8 Å². The Bertz CT molecular complexity index is 994. The monoisotopic (exact) mass is 400 g/mol. The van der Waals surface area contributed by atoms with Crippen LogP contribution in [0.5, 0.6) is 0 Å². The molecule has 4 rings (SSSR count). The van der Waals surface area contributed by atoms with Crippen LogP contribution in [0.1, 0.15) is 41.6 Å². The molecule has 0 spiro atoms. The molecule has 0 radical (unpaired) electrons. The van der Waals surface area contributed by atoms with Gasteiger partial charge in [-0.15, -0.1) is 22.7 Å². The van der Waals surface area contributed by atoms with E-state index in [-0.39, 0.29) is 0 Å². The zero-order valence-corrected chi connectivity index (χ0v) is 18.0. The molecule has 0 bridgehead atoms. The van der Waals surface area contributed by atoms with E-state index < -0.39 is 0 Å². The molecule has 0 atom stereocenters. The van der Waals surface area contributed by atoms with Crippen LogP contribution in [0.3, 0.4) is 0 Å². The highest BCUT2D eigenvalue weighted by molar-refractivity contribution is 7.15.